The van der Waals surface area contributed by atoms with Crippen molar-refractivity contribution in [2.75, 3.05) is 0 Å². The lowest BCUT2D eigenvalue weighted by molar-refractivity contribution is 0.583. The first-order valence-electron chi connectivity index (χ1n) is 12.1. The molecule has 190 valence electrons. The molecule has 0 fully saturated rings. The molecule has 0 aliphatic heterocycles. The summed E-state index contributed by atoms with van der Waals surface area (Å²) in [6, 6.07) is 11.9. The van der Waals surface area contributed by atoms with Gasteiger partial charge in [0.1, 0.15) is 12.0 Å². The van der Waals surface area contributed by atoms with Gasteiger partial charge in [-0.2, -0.15) is 5.26 Å². The molecule has 0 amide bonds. The van der Waals surface area contributed by atoms with Crippen LogP contribution in [0.1, 0.15) is 96.0 Å². The summed E-state index contributed by atoms with van der Waals surface area (Å²) in [5.74, 6) is 1.36. The number of pyridine rings is 1. The Morgan fingerprint density at radius 2 is 1.31 bits per heavy atom. The third kappa shape index (κ3) is 9.96. The van der Waals surface area contributed by atoms with Crippen molar-refractivity contribution in [2.24, 2.45) is 0 Å². The molecule has 0 aliphatic rings. The molecular weight excluding hydrogens is 442 g/mol. The van der Waals surface area contributed by atoms with Crippen LogP contribution in [0.4, 0.5) is 5.82 Å². The van der Waals surface area contributed by atoms with Crippen LogP contribution >= 0.6 is 0 Å². The van der Waals surface area contributed by atoms with E-state index in [9.17, 15) is 0 Å². The van der Waals surface area contributed by atoms with Crippen molar-refractivity contribution in [3.8, 4) is 6.07 Å². The van der Waals surface area contributed by atoms with Crippen molar-refractivity contribution in [3.63, 3.8) is 0 Å². The van der Waals surface area contributed by atoms with Crippen LogP contribution in [-0.4, -0.2) is 15.0 Å². The maximum atomic E-state index is 8.68. The van der Waals surface area contributed by atoms with Crippen molar-refractivity contribution < 1.29 is 0 Å². The highest BCUT2D eigenvalue weighted by molar-refractivity contribution is 5.49. The molecule has 2 aromatic heterocycles. The molecule has 0 unspecified atom stereocenters. The Hall–Kier alpha value is -3.57. The summed E-state index contributed by atoms with van der Waals surface area (Å²) in [7, 11) is 0. The van der Waals surface area contributed by atoms with Crippen LogP contribution in [0, 0.1) is 31.8 Å². The van der Waals surface area contributed by atoms with Crippen LogP contribution in [0.5, 0.6) is 0 Å². The van der Waals surface area contributed by atoms with E-state index in [0.29, 0.717) is 5.82 Å². The molecule has 3 aromatic rings. The highest BCUT2D eigenvalue weighted by Crippen LogP contribution is 2.30. The third-order valence-corrected chi connectivity index (χ3v) is 5.42. The van der Waals surface area contributed by atoms with Gasteiger partial charge in [-0.15, -0.1) is 4.98 Å². The average molecular weight is 484 g/mol. The molecule has 0 aliphatic carbocycles. The largest absolute Gasteiger partial charge is 0.360 e. The molecule has 0 spiro atoms. The highest BCUT2D eigenvalue weighted by Gasteiger charge is 2.19. The monoisotopic (exact) mass is 483 g/mol. The summed E-state index contributed by atoms with van der Waals surface area (Å²) < 4.78 is 0. The topological polar surface area (TPSA) is 66.8 Å². The third-order valence-electron chi connectivity index (χ3n) is 5.42. The molecule has 0 saturated heterocycles. The van der Waals surface area contributed by atoms with Crippen LogP contribution in [0.25, 0.3) is 4.85 Å². The van der Waals surface area contributed by atoms with Crippen molar-refractivity contribution in [1.82, 2.24) is 15.0 Å². The van der Waals surface area contributed by atoms with Gasteiger partial charge in [0.25, 0.3) is 5.82 Å². The fourth-order valence-corrected chi connectivity index (χ4v) is 3.04. The molecule has 1 aromatic carbocycles. The Labute approximate surface area is 218 Å². The van der Waals surface area contributed by atoms with Crippen LogP contribution in [-0.2, 0) is 16.2 Å². The molecule has 0 saturated carbocycles. The Balaban J connectivity index is 0.000000271. The second-order valence-corrected chi connectivity index (χ2v) is 12.0. The minimum atomic E-state index is -0.00109. The number of benzene rings is 1. The van der Waals surface area contributed by atoms with Gasteiger partial charge in [0.15, 0.2) is 0 Å². The summed E-state index contributed by atoms with van der Waals surface area (Å²) in [6.07, 6.45) is 5.52. The number of nitrogens with zero attached hydrogens (tertiary/aromatic N) is 5. The number of aromatic nitrogens is 3. The van der Waals surface area contributed by atoms with E-state index in [1.54, 1.807) is 6.20 Å². The Morgan fingerprint density at radius 3 is 1.75 bits per heavy atom. The standard InChI is InChI=1S/C11H14N2.C11H13N.C9H14N2/c1-8-6-9(11(2,3)4)10(12-5)13-7-8;1-11(2,3)10-6-4-5-9(7-10)8-12;1-7-10-5-8(6-11-7)9(2,3)4/h6-7H,1-4H3;4-7H,1-3H3;5-6H,1-4H3. The quantitative estimate of drug-likeness (QED) is 0.302. The van der Waals surface area contributed by atoms with E-state index < -0.39 is 0 Å². The molecule has 5 heteroatoms. The van der Waals surface area contributed by atoms with E-state index in [1.165, 1.54) is 11.1 Å². The van der Waals surface area contributed by atoms with Gasteiger partial charge >= 0.3 is 0 Å². The minimum Gasteiger partial charge on any atom is -0.360 e. The lowest BCUT2D eigenvalue weighted by Crippen LogP contribution is -2.12. The van der Waals surface area contributed by atoms with Crippen LogP contribution < -0.4 is 0 Å². The average Bonchev–Trinajstić information content (AvgIpc) is 2.78. The fourth-order valence-electron chi connectivity index (χ4n) is 3.04. The first kappa shape index (κ1) is 30.5. The van der Waals surface area contributed by atoms with Crippen molar-refractivity contribution in [3.05, 3.63) is 94.0 Å². The summed E-state index contributed by atoms with van der Waals surface area (Å²) in [5.41, 5.74) is 5.56. The van der Waals surface area contributed by atoms with Gasteiger partial charge in [0.05, 0.1) is 11.6 Å². The fraction of sp³-hybridized carbons (Fsp3) is 0.452. The SMILES string of the molecule is CC(C)(C)c1cccc(C#N)c1.Cc1ncc(C(C)(C)C)cn1.[C-]#[N+]c1ncc(C)cc1C(C)(C)C. The van der Waals surface area contributed by atoms with E-state index in [1.807, 2.05) is 50.5 Å². The van der Waals surface area contributed by atoms with Gasteiger partial charge < -0.3 is 4.85 Å². The second-order valence-electron chi connectivity index (χ2n) is 12.0. The van der Waals surface area contributed by atoms with Gasteiger partial charge in [-0.1, -0.05) is 87.1 Å². The van der Waals surface area contributed by atoms with Gasteiger partial charge in [-0.05, 0) is 64.5 Å². The van der Waals surface area contributed by atoms with Gasteiger partial charge in [-0.3, -0.25) is 0 Å². The Morgan fingerprint density at radius 1 is 0.750 bits per heavy atom. The summed E-state index contributed by atoms with van der Waals surface area (Å²) in [6.45, 7) is 30.1. The molecule has 2 heterocycles. The zero-order valence-corrected chi connectivity index (χ0v) is 23.9. The van der Waals surface area contributed by atoms with Crippen molar-refractivity contribution in [1.29, 1.82) is 5.26 Å². The second kappa shape index (κ2) is 12.4. The zero-order chi connectivity index (χ0) is 27.7. The van der Waals surface area contributed by atoms with Crippen LogP contribution in [0.15, 0.2) is 48.9 Å². The number of rotatable bonds is 0. The molecule has 36 heavy (non-hydrogen) atoms. The lowest BCUT2D eigenvalue weighted by atomic mass is 9.86. The van der Waals surface area contributed by atoms with E-state index >= 15 is 0 Å². The molecule has 3 rings (SSSR count). The number of hydrogen-bond acceptors (Lipinski definition) is 4. The maximum Gasteiger partial charge on any atom is 0.273 e. The first-order valence-corrected chi connectivity index (χ1v) is 12.1. The number of hydrogen-bond donors (Lipinski definition) is 0. The van der Waals surface area contributed by atoms with E-state index in [4.69, 9.17) is 11.8 Å². The number of aryl methyl sites for hydroxylation is 2. The van der Waals surface area contributed by atoms with Gasteiger partial charge in [0, 0.05) is 12.4 Å². The summed E-state index contributed by atoms with van der Waals surface area (Å²) in [4.78, 5) is 15.8. The molecule has 0 N–H and O–H groups in total. The minimum absolute atomic E-state index is 0.00109. The summed E-state index contributed by atoms with van der Waals surface area (Å²) in [5, 5.41) is 8.68. The predicted octanol–water partition coefficient (Wildman–Crippen LogP) is 8.18. The van der Waals surface area contributed by atoms with Crippen molar-refractivity contribution in [2.45, 2.75) is 92.4 Å². The van der Waals surface area contributed by atoms with E-state index in [2.05, 4.69) is 94.2 Å². The maximum absolute atomic E-state index is 8.68. The molecular formula is C31H41N5. The molecule has 0 atom stereocenters. The van der Waals surface area contributed by atoms with E-state index in [-0.39, 0.29) is 16.2 Å². The summed E-state index contributed by atoms with van der Waals surface area (Å²) >= 11 is 0. The Bertz CT molecular complexity index is 1210. The van der Waals surface area contributed by atoms with Crippen LogP contribution in [0.3, 0.4) is 0 Å². The van der Waals surface area contributed by atoms with E-state index in [0.717, 1.165) is 22.5 Å². The van der Waals surface area contributed by atoms with Gasteiger partial charge in [0.2, 0.25) is 0 Å². The Kier molecular flexibility index (Phi) is 10.5. The first-order chi connectivity index (χ1) is 16.5. The molecule has 0 bridgehead atoms. The van der Waals surface area contributed by atoms with Crippen molar-refractivity contribution >= 4 is 5.82 Å². The highest BCUT2D eigenvalue weighted by atomic mass is 14.9. The lowest BCUT2D eigenvalue weighted by Gasteiger charge is -2.20. The molecule has 0 radical (unpaired) electrons. The normalized spacial score (nSPS) is 11.1. The zero-order valence-electron chi connectivity index (χ0n) is 23.9. The van der Waals surface area contributed by atoms with Crippen LogP contribution in [0.2, 0.25) is 0 Å². The van der Waals surface area contributed by atoms with Gasteiger partial charge in [-0.25, -0.2) is 9.97 Å². The smallest absolute Gasteiger partial charge is 0.273 e. The molecule has 5 nitrogen and oxygen atoms in total. The predicted molar refractivity (Wildman–Crippen MR) is 149 cm³/mol. The number of nitriles is 1.